The summed E-state index contributed by atoms with van der Waals surface area (Å²) in [4.78, 5) is 24.2. The highest BCUT2D eigenvalue weighted by Crippen LogP contribution is 2.31. The third-order valence-corrected chi connectivity index (χ3v) is 4.53. The number of methoxy groups -OCH3 is 1. The standard InChI is InChI=1S/C22H25F2NO3.2H2/c1-5-18(25-13(2)11-14(3)26)17-9-10-19(28-4)20(21(17)24)22(27)15-7-6-8-16(23)12-15;;/h6-10,12-13,18,25H,5,11H2,1-4H3;2*1H/t13-,18+;;/m0../s1. The number of nitrogens with one attached hydrogen (secondary N) is 1. The first-order valence-electron chi connectivity index (χ1n) is 9.20. The lowest BCUT2D eigenvalue weighted by molar-refractivity contribution is -0.117. The Labute approximate surface area is 166 Å². The van der Waals surface area contributed by atoms with Crippen molar-refractivity contribution in [3.63, 3.8) is 0 Å². The maximum absolute atomic E-state index is 15.4. The molecule has 0 amide bonds. The van der Waals surface area contributed by atoms with E-state index in [0.29, 0.717) is 18.4 Å². The minimum absolute atomic E-state index is 0. The molecule has 154 valence electrons. The van der Waals surface area contributed by atoms with E-state index in [0.717, 1.165) is 6.07 Å². The van der Waals surface area contributed by atoms with Gasteiger partial charge < -0.3 is 10.1 Å². The SMILES string of the molecule is CC[C@@H](N[C@@H](C)CC(C)=O)c1ccc(OC)c(C(=O)c2cccc(F)c2)c1F.[HH].[HH]. The van der Waals surface area contributed by atoms with Crippen molar-refractivity contribution >= 4 is 11.6 Å². The molecule has 0 aliphatic carbocycles. The van der Waals surface area contributed by atoms with E-state index in [1.165, 1.54) is 38.3 Å². The number of carbonyl (C=O) groups is 2. The van der Waals surface area contributed by atoms with Gasteiger partial charge >= 0.3 is 0 Å². The van der Waals surface area contributed by atoms with Crippen LogP contribution in [0, 0.1) is 11.6 Å². The van der Waals surface area contributed by atoms with Crippen molar-refractivity contribution in [1.82, 2.24) is 5.32 Å². The molecule has 0 heterocycles. The van der Waals surface area contributed by atoms with E-state index in [-0.39, 0.29) is 37.6 Å². The van der Waals surface area contributed by atoms with Crippen LogP contribution in [0.5, 0.6) is 5.75 Å². The van der Waals surface area contributed by atoms with E-state index in [1.807, 2.05) is 13.8 Å². The topological polar surface area (TPSA) is 55.4 Å². The molecule has 6 heteroatoms. The average Bonchev–Trinajstić information content (AvgIpc) is 2.65. The molecule has 0 radical (unpaired) electrons. The van der Waals surface area contributed by atoms with Gasteiger partial charge in [0.25, 0.3) is 0 Å². The summed E-state index contributed by atoms with van der Waals surface area (Å²) in [6, 6.07) is 7.68. The Morgan fingerprint density at radius 2 is 1.93 bits per heavy atom. The number of rotatable bonds is 9. The Hall–Kier alpha value is -2.60. The lowest BCUT2D eigenvalue weighted by atomic mass is 9.94. The van der Waals surface area contributed by atoms with Crippen LogP contribution in [0.1, 0.15) is 64.0 Å². The molecular formula is C22H29F2NO3. The summed E-state index contributed by atoms with van der Waals surface area (Å²) >= 11 is 0. The molecule has 2 aromatic rings. The number of ketones is 2. The Morgan fingerprint density at radius 1 is 1.21 bits per heavy atom. The van der Waals surface area contributed by atoms with Gasteiger partial charge in [-0.2, -0.15) is 0 Å². The summed E-state index contributed by atoms with van der Waals surface area (Å²) in [6.07, 6.45) is 0.877. The molecule has 0 saturated carbocycles. The summed E-state index contributed by atoms with van der Waals surface area (Å²) in [6.45, 7) is 5.24. The Kier molecular flexibility index (Phi) is 7.40. The summed E-state index contributed by atoms with van der Waals surface area (Å²) in [5, 5.41) is 3.23. The van der Waals surface area contributed by atoms with Crippen molar-refractivity contribution < 1.29 is 26.0 Å². The van der Waals surface area contributed by atoms with Gasteiger partial charge in [-0.15, -0.1) is 0 Å². The number of hydrogen-bond donors (Lipinski definition) is 1. The van der Waals surface area contributed by atoms with E-state index in [4.69, 9.17) is 4.74 Å². The summed E-state index contributed by atoms with van der Waals surface area (Å²) < 4.78 is 34.1. The normalized spacial score (nSPS) is 13.1. The molecule has 0 spiro atoms. The van der Waals surface area contributed by atoms with Crippen LogP contribution >= 0.6 is 0 Å². The smallest absolute Gasteiger partial charge is 0.199 e. The van der Waals surface area contributed by atoms with Crippen LogP contribution in [0.15, 0.2) is 36.4 Å². The van der Waals surface area contributed by atoms with Crippen LogP contribution in [0.25, 0.3) is 0 Å². The van der Waals surface area contributed by atoms with Crippen molar-refractivity contribution in [2.24, 2.45) is 0 Å². The van der Waals surface area contributed by atoms with Crippen LogP contribution in [0.3, 0.4) is 0 Å². The second-order valence-electron chi connectivity index (χ2n) is 6.82. The third kappa shape index (κ3) is 5.01. The van der Waals surface area contributed by atoms with Gasteiger partial charge in [0.05, 0.1) is 7.11 Å². The first-order chi connectivity index (χ1) is 13.3. The molecule has 0 aliphatic heterocycles. The van der Waals surface area contributed by atoms with Crippen molar-refractivity contribution in [3.05, 3.63) is 64.7 Å². The van der Waals surface area contributed by atoms with Crippen molar-refractivity contribution in [2.45, 2.75) is 45.7 Å². The zero-order chi connectivity index (χ0) is 20.8. The molecule has 0 fully saturated rings. The molecule has 2 atom stereocenters. The minimum Gasteiger partial charge on any atom is -0.496 e. The van der Waals surface area contributed by atoms with Crippen LogP contribution < -0.4 is 10.1 Å². The van der Waals surface area contributed by atoms with Crippen LogP contribution in [-0.2, 0) is 4.79 Å². The zero-order valence-corrected chi connectivity index (χ0v) is 16.5. The zero-order valence-electron chi connectivity index (χ0n) is 16.5. The van der Waals surface area contributed by atoms with Gasteiger partial charge in [0, 0.05) is 32.5 Å². The molecule has 0 aliphatic rings. The summed E-state index contributed by atoms with van der Waals surface area (Å²) in [5.41, 5.74) is 0.115. The number of carbonyl (C=O) groups excluding carboxylic acids is 2. The number of Topliss-reactive ketones (excluding diaryl/α,β-unsaturated/α-hetero) is 1. The quantitative estimate of drug-likeness (QED) is 0.602. The molecule has 0 saturated heterocycles. The molecular weight excluding hydrogens is 364 g/mol. The number of benzene rings is 2. The first kappa shape index (κ1) is 21.7. The second-order valence-corrected chi connectivity index (χ2v) is 6.82. The van der Waals surface area contributed by atoms with Crippen molar-refractivity contribution in [3.8, 4) is 5.75 Å². The number of halogens is 2. The van der Waals surface area contributed by atoms with E-state index in [2.05, 4.69) is 5.32 Å². The Bertz CT molecular complexity index is 877. The molecule has 4 nitrogen and oxygen atoms in total. The summed E-state index contributed by atoms with van der Waals surface area (Å²) in [5.74, 6) is -1.81. The monoisotopic (exact) mass is 393 g/mol. The number of hydrogen-bond acceptors (Lipinski definition) is 4. The van der Waals surface area contributed by atoms with Crippen LogP contribution in [-0.4, -0.2) is 24.7 Å². The van der Waals surface area contributed by atoms with Gasteiger partial charge in [-0.25, -0.2) is 8.78 Å². The first-order valence-corrected chi connectivity index (χ1v) is 9.20. The fourth-order valence-corrected chi connectivity index (χ4v) is 3.26. The van der Waals surface area contributed by atoms with Gasteiger partial charge in [-0.05, 0) is 38.5 Å². The Balaban J connectivity index is 0.00000420. The fraction of sp³-hybridized carbons (Fsp3) is 0.364. The van der Waals surface area contributed by atoms with Crippen LogP contribution in [0.2, 0.25) is 0 Å². The maximum Gasteiger partial charge on any atom is 0.199 e. The molecule has 2 aromatic carbocycles. The van der Waals surface area contributed by atoms with Gasteiger partial charge in [0.1, 0.15) is 28.7 Å². The van der Waals surface area contributed by atoms with Crippen molar-refractivity contribution in [2.75, 3.05) is 7.11 Å². The fourth-order valence-electron chi connectivity index (χ4n) is 3.26. The second kappa shape index (κ2) is 9.55. The highest BCUT2D eigenvalue weighted by atomic mass is 19.1. The van der Waals surface area contributed by atoms with E-state index < -0.39 is 17.4 Å². The summed E-state index contributed by atoms with van der Waals surface area (Å²) in [7, 11) is 1.35. The molecule has 2 rings (SSSR count). The molecule has 0 unspecified atom stereocenters. The highest BCUT2D eigenvalue weighted by Gasteiger charge is 2.26. The van der Waals surface area contributed by atoms with Crippen LogP contribution in [0.4, 0.5) is 8.78 Å². The van der Waals surface area contributed by atoms with E-state index in [9.17, 15) is 14.0 Å². The average molecular weight is 393 g/mol. The van der Waals surface area contributed by atoms with Gasteiger partial charge in [0.2, 0.25) is 0 Å². The van der Waals surface area contributed by atoms with Gasteiger partial charge in [-0.1, -0.05) is 25.1 Å². The molecule has 28 heavy (non-hydrogen) atoms. The minimum atomic E-state index is -0.706. The van der Waals surface area contributed by atoms with E-state index >= 15 is 4.39 Å². The molecule has 1 N–H and O–H groups in total. The van der Waals surface area contributed by atoms with Gasteiger partial charge in [-0.3, -0.25) is 9.59 Å². The predicted octanol–water partition coefficient (Wildman–Crippen LogP) is 5.10. The third-order valence-electron chi connectivity index (χ3n) is 4.53. The van der Waals surface area contributed by atoms with E-state index in [1.54, 1.807) is 6.07 Å². The molecule has 0 bridgehead atoms. The lowest BCUT2D eigenvalue weighted by Gasteiger charge is -2.24. The predicted molar refractivity (Wildman–Crippen MR) is 108 cm³/mol. The molecule has 0 aromatic heterocycles. The van der Waals surface area contributed by atoms with Gasteiger partial charge in [0.15, 0.2) is 5.78 Å². The number of ether oxygens (including phenoxy) is 1. The Morgan fingerprint density at radius 3 is 2.50 bits per heavy atom. The highest BCUT2D eigenvalue weighted by molar-refractivity contribution is 6.11. The lowest BCUT2D eigenvalue weighted by Crippen LogP contribution is -2.32. The van der Waals surface area contributed by atoms with Crippen molar-refractivity contribution in [1.29, 1.82) is 0 Å². The maximum atomic E-state index is 15.4. The largest absolute Gasteiger partial charge is 0.496 e.